The molecule has 1 aromatic heterocycles. The van der Waals surface area contributed by atoms with E-state index in [2.05, 4.69) is 41.0 Å². The van der Waals surface area contributed by atoms with Crippen LogP contribution in [0, 0.1) is 0 Å². The summed E-state index contributed by atoms with van der Waals surface area (Å²) in [6, 6.07) is 24.1. The third-order valence-electron chi connectivity index (χ3n) is 4.07. The van der Waals surface area contributed by atoms with Crippen molar-refractivity contribution in [3.8, 4) is 0 Å². The lowest BCUT2D eigenvalue weighted by molar-refractivity contribution is 0.761. The van der Waals surface area contributed by atoms with Gasteiger partial charge in [-0.25, -0.2) is 0 Å². The third kappa shape index (κ3) is 3.89. The van der Waals surface area contributed by atoms with Crippen LogP contribution in [0.4, 0.5) is 0 Å². The highest BCUT2D eigenvalue weighted by Gasteiger charge is 2.12. The average molecular weight is 419 g/mol. The van der Waals surface area contributed by atoms with E-state index in [1.165, 1.54) is 5.56 Å². The van der Waals surface area contributed by atoms with E-state index in [9.17, 15) is 0 Å². The maximum Gasteiger partial charge on any atom is 0.0810 e. The van der Waals surface area contributed by atoms with Crippen LogP contribution in [0.5, 0.6) is 0 Å². The number of benzene rings is 3. The van der Waals surface area contributed by atoms with E-state index in [-0.39, 0.29) is 0 Å². The van der Waals surface area contributed by atoms with Crippen LogP contribution >= 0.6 is 46.6 Å². The third-order valence-corrected chi connectivity index (χ3v) is 5.76. The summed E-state index contributed by atoms with van der Waals surface area (Å²) in [7, 11) is 0. The lowest BCUT2D eigenvalue weighted by atomic mass is 10.2. The van der Waals surface area contributed by atoms with Gasteiger partial charge in [0, 0.05) is 37.4 Å². The molecule has 0 atom stereocenters. The van der Waals surface area contributed by atoms with Crippen LogP contribution in [0.1, 0.15) is 5.56 Å². The molecule has 5 heteroatoms. The predicted molar refractivity (Wildman–Crippen MR) is 113 cm³/mol. The highest BCUT2D eigenvalue weighted by Crippen LogP contribution is 2.36. The normalized spacial score (nSPS) is 11.2. The summed E-state index contributed by atoms with van der Waals surface area (Å²) >= 11 is 20.2. The molecule has 0 aliphatic carbocycles. The van der Waals surface area contributed by atoms with Crippen molar-refractivity contribution in [3.05, 3.63) is 93.4 Å². The van der Waals surface area contributed by atoms with Crippen molar-refractivity contribution in [2.24, 2.45) is 0 Å². The number of hydrogen-bond acceptors (Lipinski definition) is 1. The largest absolute Gasteiger partial charge is 0.331 e. The van der Waals surface area contributed by atoms with Crippen LogP contribution in [-0.4, -0.2) is 4.57 Å². The standard InChI is InChI=1S/C21H14Cl3NS/c22-16-6-7-20-15(8-16)9-21(25(20)13-14-4-2-1-3-5-14)26-19-11-17(23)10-18(24)12-19/h1-12H,13H2. The fourth-order valence-electron chi connectivity index (χ4n) is 2.94. The molecule has 0 radical (unpaired) electrons. The van der Waals surface area contributed by atoms with Crippen molar-refractivity contribution >= 4 is 57.5 Å². The molecular formula is C21H14Cl3NS. The fraction of sp³-hybridized carbons (Fsp3) is 0.0476. The first kappa shape index (κ1) is 17.8. The molecule has 0 saturated heterocycles. The number of aromatic nitrogens is 1. The van der Waals surface area contributed by atoms with Gasteiger partial charge in [-0.3, -0.25) is 0 Å². The first-order valence-corrected chi connectivity index (χ1v) is 10.0. The molecule has 0 bridgehead atoms. The van der Waals surface area contributed by atoms with Crippen LogP contribution in [-0.2, 0) is 6.54 Å². The summed E-state index contributed by atoms with van der Waals surface area (Å²) in [6.07, 6.45) is 0. The number of hydrogen-bond donors (Lipinski definition) is 0. The van der Waals surface area contributed by atoms with Crippen LogP contribution in [0.15, 0.2) is 82.7 Å². The lowest BCUT2D eigenvalue weighted by Gasteiger charge is -2.11. The fourth-order valence-corrected chi connectivity index (χ4v) is 4.85. The molecule has 0 aliphatic heterocycles. The Morgan fingerprint density at radius 2 is 1.46 bits per heavy atom. The molecule has 130 valence electrons. The van der Waals surface area contributed by atoms with E-state index in [1.54, 1.807) is 17.8 Å². The van der Waals surface area contributed by atoms with E-state index in [0.29, 0.717) is 10.0 Å². The van der Waals surface area contributed by atoms with Gasteiger partial charge < -0.3 is 4.57 Å². The quantitative estimate of drug-likeness (QED) is 0.327. The zero-order valence-corrected chi connectivity index (χ0v) is 16.7. The van der Waals surface area contributed by atoms with Crippen LogP contribution in [0.25, 0.3) is 10.9 Å². The van der Waals surface area contributed by atoms with Gasteiger partial charge >= 0.3 is 0 Å². The van der Waals surface area contributed by atoms with Gasteiger partial charge in [0.1, 0.15) is 0 Å². The van der Waals surface area contributed by atoms with Crippen LogP contribution < -0.4 is 0 Å². The molecule has 1 heterocycles. The Labute approximate surface area is 171 Å². The van der Waals surface area contributed by atoms with Gasteiger partial charge in [0.05, 0.1) is 5.03 Å². The van der Waals surface area contributed by atoms with Gasteiger partial charge in [-0.1, -0.05) is 76.9 Å². The molecule has 3 aromatic carbocycles. The second kappa shape index (κ2) is 7.58. The molecular weight excluding hydrogens is 405 g/mol. The first-order chi connectivity index (χ1) is 12.6. The van der Waals surface area contributed by atoms with E-state index >= 15 is 0 Å². The predicted octanol–water partition coefficient (Wildman–Crippen LogP) is 7.80. The molecule has 26 heavy (non-hydrogen) atoms. The van der Waals surface area contributed by atoms with Gasteiger partial charge in [-0.2, -0.15) is 0 Å². The molecule has 0 unspecified atom stereocenters. The van der Waals surface area contributed by atoms with Crippen LogP contribution in [0.3, 0.4) is 0 Å². The van der Waals surface area contributed by atoms with Gasteiger partial charge in [0.2, 0.25) is 0 Å². The van der Waals surface area contributed by atoms with Crippen molar-refractivity contribution in [3.63, 3.8) is 0 Å². The minimum atomic E-state index is 0.633. The molecule has 0 fully saturated rings. The highest BCUT2D eigenvalue weighted by molar-refractivity contribution is 7.99. The summed E-state index contributed by atoms with van der Waals surface area (Å²) in [5, 5.41) is 4.23. The maximum absolute atomic E-state index is 6.19. The highest BCUT2D eigenvalue weighted by atomic mass is 35.5. The van der Waals surface area contributed by atoms with Gasteiger partial charge in [0.25, 0.3) is 0 Å². The number of nitrogens with zero attached hydrogens (tertiary/aromatic N) is 1. The maximum atomic E-state index is 6.19. The molecule has 0 amide bonds. The summed E-state index contributed by atoms with van der Waals surface area (Å²) < 4.78 is 2.29. The summed E-state index contributed by atoms with van der Waals surface area (Å²) in [5.41, 5.74) is 2.39. The van der Waals surface area contributed by atoms with Crippen molar-refractivity contribution in [1.29, 1.82) is 0 Å². The molecule has 1 nitrogen and oxygen atoms in total. The number of rotatable bonds is 4. The Kier molecular flexibility index (Phi) is 5.19. The number of halogens is 3. The minimum absolute atomic E-state index is 0.633. The average Bonchev–Trinajstić information content (AvgIpc) is 2.91. The SMILES string of the molecule is Clc1cc(Cl)cc(Sc2cc3cc(Cl)ccc3n2Cc2ccccc2)c1. The van der Waals surface area contributed by atoms with Crippen molar-refractivity contribution in [1.82, 2.24) is 4.57 Å². The molecule has 0 saturated carbocycles. The van der Waals surface area contributed by atoms with E-state index < -0.39 is 0 Å². The van der Waals surface area contributed by atoms with Gasteiger partial charge in [0.15, 0.2) is 0 Å². The Morgan fingerprint density at radius 1 is 0.731 bits per heavy atom. The Hall–Kier alpha value is -1.58. The first-order valence-electron chi connectivity index (χ1n) is 8.05. The number of fused-ring (bicyclic) bond motifs is 1. The van der Waals surface area contributed by atoms with Crippen LogP contribution in [0.2, 0.25) is 15.1 Å². The Bertz CT molecular complexity index is 1050. The smallest absolute Gasteiger partial charge is 0.0810 e. The lowest BCUT2D eigenvalue weighted by Crippen LogP contribution is -2.00. The summed E-state index contributed by atoms with van der Waals surface area (Å²) in [6.45, 7) is 0.780. The minimum Gasteiger partial charge on any atom is -0.331 e. The molecule has 0 N–H and O–H groups in total. The zero-order valence-electron chi connectivity index (χ0n) is 13.6. The summed E-state index contributed by atoms with van der Waals surface area (Å²) in [4.78, 5) is 1.01. The zero-order chi connectivity index (χ0) is 18.1. The Morgan fingerprint density at radius 3 is 2.19 bits per heavy atom. The van der Waals surface area contributed by atoms with Gasteiger partial charge in [-0.15, -0.1) is 0 Å². The topological polar surface area (TPSA) is 4.93 Å². The monoisotopic (exact) mass is 417 g/mol. The molecule has 0 spiro atoms. The van der Waals surface area contributed by atoms with E-state index in [0.717, 1.165) is 32.4 Å². The van der Waals surface area contributed by atoms with E-state index in [1.807, 2.05) is 30.3 Å². The summed E-state index contributed by atoms with van der Waals surface area (Å²) in [5.74, 6) is 0. The second-order valence-corrected chi connectivity index (χ2v) is 8.37. The van der Waals surface area contributed by atoms with Crippen molar-refractivity contribution in [2.75, 3.05) is 0 Å². The molecule has 0 aliphatic rings. The van der Waals surface area contributed by atoms with Gasteiger partial charge in [-0.05, 0) is 48.0 Å². The Balaban J connectivity index is 1.80. The van der Waals surface area contributed by atoms with Crippen molar-refractivity contribution < 1.29 is 0 Å². The molecule has 4 rings (SSSR count). The molecule has 4 aromatic rings. The van der Waals surface area contributed by atoms with E-state index in [4.69, 9.17) is 34.8 Å². The second-order valence-electron chi connectivity index (χ2n) is 5.96. The van der Waals surface area contributed by atoms with Crippen molar-refractivity contribution in [2.45, 2.75) is 16.5 Å².